The lowest BCUT2D eigenvalue weighted by atomic mass is 10.2. The molecule has 0 unspecified atom stereocenters. The van der Waals surface area contributed by atoms with E-state index in [0.717, 1.165) is 5.56 Å². The lowest BCUT2D eigenvalue weighted by Gasteiger charge is -2.08. The highest BCUT2D eigenvalue weighted by atomic mass is 16.5. The van der Waals surface area contributed by atoms with Crippen LogP contribution in [0, 0.1) is 0 Å². The maximum absolute atomic E-state index is 12.3. The Kier molecular flexibility index (Phi) is 5.59. The summed E-state index contributed by atoms with van der Waals surface area (Å²) in [6.45, 7) is 0.220. The Labute approximate surface area is 151 Å². The van der Waals surface area contributed by atoms with E-state index in [9.17, 15) is 9.59 Å². The van der Waals surface area contributed by atoms with E-state index < -0.39 is 0 Å². The standard InChI is InChI=1S/C21H20N2O3/c1-23-19(22-18-12-6-5-11-17(18)21(23)25)13-14-20(24)26-15-7-10-16-8-3-2-4-9-16/h2-12H,13-15H2,1H3. The first-order valence-corrected chi connectivity index (χ1v) is 8.47. The van der Waals surface area contributed by atoms with Crippen molar-refractivity contribution in [3.05, 3.63) is 82.4 Å². The van der Waals surface area contributed by atoms with Crippen LogP contribution >= 0.6 is 0 Å². The van der Waals surface area contributed by atoms with Crippen LogP contribution in [0.1, 0.15) is 17.8 Å². The van der Waals surface area contributed by atoms with E-state index >= 15 is 0 Å². The third kappa shape index (κ3) is 4.25. The maximum Gasteiger partial charge on any atom is 0.306 e. The Balaban J connectivity index is 1.56. The van der Waals surface area contributed by atoms with Crippen molar-refractivity contribution in [1.29, 1.82) is 0 Å². The predicted octanol–water partition coefficient (Wildman–Crippen LogP) is 3.12. The number of hydrogen-bond acceptors (Lipinski definition) is 4. The van der Waals surface area contributed by atoms with Gasteiger partial charge in [-0.15, -0.1) is 0 Å². The Morgan fingerprint density at radius 1 is 1.12 bits per heavy atom. The second-order valence-electron chi connectivity index (χ2n) is 5.91. The molecule has 3 aromatic rings. The normalized spacial score (nSPS) is 11.1. The van der Waals surface area contributed by atoms with Gasteiger partial charge in [-0.1, -0.05) is 48.5 Å². The molecule has 2 aromatic carbocycles. The summed E-state index contributed by atoms with van der Waals surface area (Å²) in [4.78, 5) is 28.7. The van der Waals surface area contributed by atoms with Crippen molar-refractivity contribution in [2.45, 2.75) is 12.8 Å². The van der Waals surface area contributed by atoms with Crippen molar-refractivity contribution in [3.8, 4) is 0 Å². The van der Waals surface area contributed by atoms with E-state index in [1.54, 1.807) is 25.3 Å². The topological polar surface area (TPSA) is 61.2 Å². The van der Waals surface area contributed by atoms with Gasteiger partial charge in [0.15, 0.2) is 0 Å². The molecular formula is C21H20N2O3. The zero-order valence-corrected chi connectivity index (χ0v) is 14.6. The highest BCUT2D eigenvalue weighted by Crippen LogP contribution is 2.09. The fourth-order valence-corrected chi connectivity index (χ4v) is 2.66. The van der Waals surface area contributed by atoms with Crippen molar-refractivity contribution in [3.63, 3.8) is 0 Å². The number of carbonyl (C=O) groups excluding carboxylic acids is 1. The molecular weight excluding hydrogens is 328 g/mol. The van der Waals surface area contributed by atoms with Gasteiger partial charge in [-0.25, -0.2) is 4.98 Å². The molecule has 0 fully saturated rings. The van der Waals surface area contributed by atoms with Crippen LogP contribution in [0.25, 0.3) is 17.0 Å². The highest BCUT2D eigenvalue weighted by Gasteiger charge is 2.10. The molecule has 0 aliphatic rings. The van der Waals surface area contributed by atoms with E-state index in [-0.39, 0.29) is 24.6 Å². The van der Waals surface area contributed by atoms with Gasteiger partial charge < -0.3 is 4.74 Å². The molecule has 132 valence electrons. The molecule has 0 amide bonds. The SMILES string of the molecule is Cn1c(CCC(=O)OCC=Cc2ccccc2)nc2ccccc2c1=O. The van der Waals surface area contributed by atoms with E-state index in [1.807, 2.05) is 48.5 Å². The molecule has 0 spiro atoms. The van der Waals surface area contributed by atoms with E-state index in [1.165, 1.54) is 4.57 Å². The van der Waals surface area contributed by atoms with Crippen LogP contribution in [-0.2, 0) is 23.0 Å². The molecule has 5 nitrogen and oxygen atoms in total. The molecule has 1 heterocycles. The molecule has 0 atom stereocenters. The fraction of sp³-hybridized carbons (Fsp3) is 0.190. The van der Waals surface area contributed by atoms with Crippen LogP contribution < -0.4 is 5.56 Å². The van der Waals surface area contributed by atoms with Gasteiger partial charge in [0.05, 0.1) is 17.3 Å². The van der Waals surface area contributed by atoms with Crippen molar-refractivity contribution in [2.75, 3.05) is 6.61 Å². The number of fused-ring (bicyclic) bond motifs is 1. The summed E-state index contributed by atoms with van der Waals surface area (Å²) < 4.78 is 6.69. The summed E-state index contributed by atoms with van der Waals surface area (Å²) in [5, 5.41) is 0.576. The first kappa shape index (κ1) is 17.6. The molecule has 26 heavy (non-hydrogen) atoms. The van der Waals surface area contributed by atoms with Crippen molar-refractivity contribution < 1.29 is 9.53 Å². The number of para-hydroxylation sites is 1. The van der Waals surface area contributed by atoms with Gasteiger partial charge >= 0.3 is 5.97 Å². The lowest BCUT2D eigenvalue weighted by molar-refractivity contribution is -0.142. The van der Waals surface area contributed by atoms with Crippen LogP contribution in [0.15, 0.2) is 65.5 Å². The molecule has 3 rings (SSSR count). The molecule has 5 heteroatoms. The quantitative estimate of drug-likeness (QED) is 0.642. The Bertz CT molecular complexity index is 991. The first-order chi connectivity index (χ1) is 12.6. The number of carbonyl (C=O) groups is 1. The second kappa shape index (κ2) is 8.25. The molecule has 0 saturated heterocycles. The van der Waals surface area contributed by atoms with E-state index in [0.29, 0.717) is 23.1 Å². The number of aromatic nitrogens is 2. The highest BCUT2D eigenvalue weighted by molar-refractivity contribution is 5.77. The van der Waals surface area contributed by atoms with Gasteiger partial charge in [0, 0.05) is 13.5 Å². The Morgan fingerprint density at radius 2 is 1.85 bits per heavy atom. The number of ether oxygens (including phenoxy) is 1. The van der Waals surface area contributed by atoms with Gasteiger partial charge in [-0.2, -0.15) is 0 Å². The monoisotopic (exact) mass is 348 g/mol. The minimum atomic E-state index is -0.315. The molecule has 0 bridgehead atoms. The van der Waals surface area contributed by atoms with Crippen LogP contribution in [-0.4, -0.2) is 22.1 Å². The number of nitrogens with zero attached hydrogens (tertiary/aromatic N) is 2. The molecule has 0 N–H and O–H groups in total. The number of benzene rings is 2. The lowest BCUT2D eigenvalue weighted by Crippen LogP contribution is -2.23. The van der Waals surface area contributed by atoms with Crippen molar-refractivity contribution >= 4 is 22.9 Å². The van der Waals surface area contributed by atoms with Gasteiger partial charge in [0.25, 0.3) is 5.56 Å². The molecule has 0 radical (unpaired) electrons. The zero-order chi connectivity index (χ0) is 18.4. The second-order valence-corrected chi connectivity index (χ2v) is 5.91. The number of hydrogen-bond donors (Lipinski definition) is 0. The van der Waals surface area contributed by atoms with Gasteiger partial charge in [-0.3, -0.25) is 14.2 Å². The molecule has 1 aromatic heterocycles. The summed E-state index contributed by atoms with van der Waals surface area (Å²) in [5.41, 5.74) is 1.59. The number of aryl methyl sites for hydroxylation is 1. The maximum atomic E-state index is 12.3. The van der Waals surface area contributed by atoms with Crippen molar-refractivity contribution in [2.24, 2.45) is 7.05 Å². The minimum Gasteiger partial charge on any atom is -0.461 e. The third-order valence-corrected chi connectivity index (χ3v) is 4.08. The average Bonchev–Trinajstić information content (AvgIpc) is 2.68. The third-order valence-electron chi connectivity index (χ3n) is 4.08. The average molecular weight is 348 g/mol. The van der Waals surface area contributed by atoms with Gasteiger partial charge in [0.1, 0.15) is 12.4 Å². The smallest absolute Gasteiger partial charge is 0.306 e. The summed E-state index contributed by atoms with van der Waals surface area (Å²) in [6.07, 6.45) is 4.24. The summed E-state index contributed by atoms with van der Waals surface area (Å²) in [7, 11) is 1.67. The van der Waals surface area contributed by atoms with Crippen LogP contribution in [0.2, 0.25) is 0 Å². The molecule has 0 saturated carbocycles. The minimum absolute atomic E-state index is 0.107. The fourth-order valence-electron chi connectivity index (χ4n) is 2.66. The van der Waals surface area contributed by atoms with Gasteiger partial charge in [0.2, 0.25) is 0 Å². The van der Waals surface area contributed by atoms with Crippen LogP contribution in [0.4, 0.5) is 0 Å². The summed E-state index contributed by atoms with van der Waals surface area (Å²) in [6, 6.07) is 17.0. The molecule has 0 aliphatic heterocycles. The van der Waals surface area contributed by atoms with Crippen LogP contribution in [0.5, 0.6) is 0 Å². The summed E-state index contributed by atoms with van der Waals surface area (Å²) >= 11 is 0. The number of esters is 1. The zero-order valence-electron chi connectivity index (χ0n) is 14.6. The van der Waals surface area contributed by atoms with E-state index in [2.05, 4.69) is 4.98 Å². The Hall–Kier alpha value is -3.21. The van der Waals surface area contributed by atoms with Gasteiger partial charge in [-0.05, 0) is 23.8 Å². The first-order valence-electron chi connectivity index (χ1n) is 8.47. The molecule has 0 aliphatic carbocycles. The Morgan fingerprint density at radius 3 is 2.65 bits per heavy atom. The summed E-state index contributed by atoms with van der Waals surface area (Å²) in [5.74, 6) is 0.260. The largest absolute Gasteiger partial charge is 0.461 e. The predicted molar refractivity (Wildman–Crippen MR) is 102 cm³/mol. The van der Waals surface area contributed by atoms with Crippen molar-refractivity contribution in [1.82, 2.24) is 9.55 Å². The van der Waals surface area contributed by atoms with Crippen LogP contribution in [0.3, 0.4) is 0 Å². The van der Waals surface area contributed by atoms with E-state index in [4.69, 9.17) is 4.74 Å². The number of rotatable bonds is 6.